The number of anilines is 3. The highest BCUT2D eigenvalue weighted by atomic mass is 16.6. The third-order valence-electron chi connectivity index (χ3n) is 3.45. The van der Waals surface area contributed by atoms with Crippen molar-refractivity contribution in [3.05, 3.63) is 65.0 Å². The lowest BCUT2D eigenvalue weighted by atomic mass is 10.2. The van der Waals surface area contributed by atoms with Gasteiger partial charge in [0.15, 0.2) is 0 Å². The number of nitrogens with zero attached hydrogens (tertiary/aromatic N) is 4. The average Bonchev–Trinajstić information content (AvgIpc) is 2.67. The lowest BCUT2D eigenvalue weighted by Crippen LogP contribution is -2.10. The number of aromatic nitrogens is 3. The zero-order valence-electron chi connectivity index (χ0n) is 13.7. The zero-order valence-corrected chi connectivity index (χ0v) is 13.7. The van der Waals surface area contributed by atoms with Crippen LogP contribution < -0.4 is 10.6 Å². The highest BCUT2D eigenvalue weighted by Gasteiger charge is 2.08. The number of nitrogens with one attached hydrogen (secondary N) is 2. The van der Waals surface area contributed by atoms with E-state index in [0.29, 0.717) is 29.7 Å². The van der Waals surface area contributed by atoms with E-state index in [9.17, 15) is 10.1 Å². The lowest BCUT2D eigenvalue weighted by Gasteiger charge is -2.11. The van der Waals surface area contributed by atoms with Gasteiger partial charge in [0.2, 0.25) is 5.95 Å². The second-order valence-electron chi connectivity index (χ2n) is 5.28. The molecular formula is C17H16N6O3. The van der Waals surface area contributed by atoms with Crippen molar-refractivity contribution in [2.24, 2.45) is 0 Å². The number of pyridine rings is 1. The third kappa shape index (κ3) is 4.28. The second kappa shape index (κ2) is 7.99. The number of rotatable bonds is 7. The molecule has 0 saturated heterocycles. The molecule has 132 valence electrons. The minimum Gasteiger partial charge on any atom is -0.395 e. The molecule has 3 N–H and O–H groups in total. The summed E-state index contributed by atoms with van der Waals surface area (Å²) in [5, 5.41) is 25.8. The molecule has 0 atom stereocenters. The van der Waals surface area contributed by atoms with Crippen molar-refractivity contribution in [2.75, 3.05) is 23.8 Å². The Morgan fingerprint density at radius 1 is 1.08 bits per heavy atom. The first kappa shape index (κ1) is 17.2. The number of hydrogen-bond acceptors (Lipinski definition) is 8. The van der Waals surface area contributed by atoms with Gasteiger partial charge in [0.25, 0.3) is 5.69 Å². The van der Waals surface area contributed by atoms with Crippen LogP contribution in [0.2, 0.25) is 0 Å². The Balaban J connectivity index is 1.90. The summed E-state index contributed by atoms with van der Waals surface area (Å²) in [6.07, 6.45) is 3.34. The van der Waals surface area contributed by atoms with Crippen LogP contribution in [0.4, 0.5) is 23.1 Å². The van der Waals surface area contributed by atoms with Gasteiger partial charge < -0.3 is 15.7 Å². The third-order valence-corrected chi connectivity index (χ3v) is 3.45. The number of nitro benzene ring substituents is 1. The summed E-state index contributed by atoms with van der Waals surface area (Å²) in [5.74, 6) is 0.874. The fourth-order valence-corrected chi connectivity index (χ4v) is 2.24. The zero-order chi connectivity index (χ0) is 18.4. The molecule has 1 aromatic carbocycles. The SMILES string of the molecule is O=[N+]([O-])c1ccc(Nc2cc(-c3ccncc3)nc(NCCO)n2)cc1. The van der Waals surface area contributed by atoms with Gasteiger partial charge in [-0.25, -0.2) is 4.98 Å². The molecular weight excluding hydrogens is 336 g/mol. The minimum absolute atomic E-state index is 0.0148. The van der Waals surface area contributed by atoms with E-state index in [1.54, 1.807) is 30.6 Å². The van der Waals surface area contributed by atoms with Crippen LogP contribution in [0.1, 0.15) is 0 Å². The smallest absolute Gasteiger partial charge is 0.269 e. The van der Waals surface area contributed by atoms with Crippen molar-refractivity contribution in [2.45, 2.75) is 0 Å². The van der Waals surface area contributed by atoms with Crippen LogP contribution in [0.25, 0.3) is 11.3 Å². The van der Waals surface area contributed by atoms with Crippen LogP contribution in [0.3, 0.4) is 0 Å². The molecule has 2 aromatic heterocycles. The van der Waals surface area contributed by atoms with Gasteiger partial charge >= 0.3 is 0 Å². The summed E-state index contributed by atoms with van der Waals surface area (Å²) in [4.78, 5) is 23.1. The Morgan fingerprint density at radius 2 is 1.81 bits per heavy atom. The molecule has 0 aliphatic rings. The molecule has 0 bridgehead atoms. The quantitative estimate of drug-likeness (QED) is 0.437. The Kier molecular flexibility index (Phi) is 5.30. The summed E-state index contributed by atoms with van der Waals surface area (Å²) in [6.45, 7) is 0.269. The van der Waals surface area contributed by atoms with Crippen LogP contribution >= 0.6 is 0 Å². The standard InChI is InChI=1S/C17H16N6O3/c24-10-9-19-17-21-15(12-5-7-18-8-6-12)11-16(22-17)20-13-1-3-14(4-2-13)23(25)26/h1-8,11,24H,9-10H2,(H2,19,20,21,22). The monoisotopic (exact) mass is 352 g/mol. The van der Waals surface area contributed by atoms with Crippen LogP contribution in [0.5, 0.6) is 0 Å². The second-order valence-corrected chi connectivity index (χ2v) is 5.28. The van der Waals surface area contributed by atoms with Crippen molar-refractivity contribution >= 4 is 23.1 Å². The Labute approximate surface area is 148 Å². The van der Waals surface area contributed by atoms with E-state index in [1.807, 2.05) is 12.1 Å². The molecule has 0 radical (unpaired) electrons. The molecule has 0 saturated carbocycles. The largest absolute Gasteiger partial charge is 0.395 e. The van der Waals surface area contributed by atoms with E-state index in [1.165, 1.54) is 12.1 Å². The molecule has 0 spiro atoms. The number of non-ortho nitro benzene ring substituents is 1. The molecule has 26 heavy (non-hydrogen) atoms. The Hall–Kier alpha value is -3.59. The van der Waals surface area contributed by atoms with Gasteiger partial charge in [0.05, 0.1) is 17.2 Å². The van der Waals surface area contributed by atoms with Gasteiger partial charge in [-0.3, -0.25) is 15.1 Å². The van der Waals surface area contributed by atoms with Gasteiger partial charge in [-0.1, -0.05) is 0 Å². The van der Waals surface area contributed by atoms with Crippen LogP contribution in [0, 0.1) is 10.1 Å². The summed E-state index contributed by atoms with van der Waals surface area (Å²) in [6, 6.07) is 11.5. The average molecular weight is 352 g/mol. The maximum Gasteiger partial charge on any atom is 0.269 e. The molecule has 0 aliphatic heterocycles. The minimum atomic E-state index is -0.451. The van der Waals surface area contributed by atoms with Gasteiger partial charge in [-0.05, 0) is 24.3 Å². The fraction of sp³-hybridized carbons (Fsp3) is 0.118. The predicted molar refractivity (Wildman–Crippen MR) is 97.2 cm³/mol. The van der Waals surface area contributed by atoms with Gasteiger partial charge in [-0.15, -0.1) is 0 Å². The first-order valence-electron chi connectivity index (χ1n) is 7.81. The summed E-state index contributed by atoms with van der Waals surface area (Å²) >= 11 is 0. The number of nitro groups is 1. The van der Waals surface area contributed by atoms with E-state index in [-0.39, 0.29) is 12.3 Å². The van der Waals surface area contributed by atoms with E-state index >= 15 is 0 Å². The topological polar surface area (TPSA) is 126 Å². The number of aliphatic hydroxyl groups excluding tert-OH is 1. The van der Waals surface area contributed by atoms with Crippen molar-refractivity contribution in [3.8, 4) is 11.3 Å². The first-order valence-corrected chi connectivity index (χ1v) is 7.81. The van der Waals surface area contributed by atoms with Gasteiger partial charge in [0.1, 0.15) is 5.82 Å². The van der Waals surface area contributed by atoms with Crippen LogP contribution in [-0.4, -0.2) is 38.1 Å². The van der Waals surface area contributed by atoms with Crippen molar-refractivity contribution in [1.29, 1.82) is 0 Å². The maximum absolute atomic E-state index is 10.7. The first-order chi connectivity index (χ1) is 12.7. The molecule has 2 heterocycles. The Bertz CT molecular complexity index is 887. The molecule has 0 amide bonds. The van der Waals surface area contributed by atoms with Crippen LogP contribution in [-0.2, 0) is 0 Å². The Morgan fingerprint density at radius 3 is 2.46 bits per heavy atom. The molecule has 9 heteroatoms. The summed E-state index contributed by atoms with van der Waals surface area (Å²) < 4.78 is 0. The number of hydrogen-bond donors (Lipinski definition) is 3. The molecule has 0 aliphatic carbocycles. The van der Waals surface area contributed by atoms with Crippen molar-refractivity contribution < 1.29 is 10.0 Å². The number of benzene rings is 1. The predicted octanol–water partition coefficient (Wildman–Crippen LogP) is 2.59. The molecule has 3 aromatic rings. The highest BCUT2D eigenvalue weighted by Crippen LogP contribution is 2.24. The fourth-order valence-electron chi connectivity index (χ4n) is 2.24. The lowest BCUT2D eigenvalue weighted by molar-refractivity contribution is -0.384. The van der Waals surface area contributed by atoms with E-state index in [4.69, 9.17) is 5.11 Å². The normalized spacial score (nSPS) is 10.3. The van der Waals surface area contributed by atoms with Crippen LogP contribution in [0.15, 0.2) is 54.9 Å². The molecule has 3 rings (SSSR count). The van der Waals surface area contributed by atoms with Crippen molar-refractivity contribution in [1.82, 2.24) is 15.0 Å². The summed E-state index contributed by atoms with van der Waals surface area (Å²) in [7, 11) is 0. The van der Waals surface area contributed by atoms with E-state index in [2.05, 4.69) is 25.6 Å². The van der Waals surface area contributed by atoms with Crippen molar-refractivity contribution in [3.63, 3.8) is 0 Å². The van der Waals surface area contributed by atoms with Gasteiger partial charge in [-0.2, -0.15) is 4.98 Å². The van der Waals surface area contributed by atoms with E-state index < -0.39 is 4.92 Å². The highest BCUT2D eigenvalue weighted by molar-refractivity contribution is 5.67. The molecule has 0 unspecified atom stereocenters. The maximum atomic E-state index is 10.7. The molecule has 0 fully saturated rings. The van der Waals surface area contributed by atoms with Gasteiger partial charge in [0, 0.05) is 48.4 Å². The summed E-state index contributed by atoms with van der Waals surface area (Å²) in [5.41, 5.74) is 2.21. The molecule has 9 nitrogen and oxygen atoms in total. The number of aliphatic hydroxyl groups is 1. The van der Waals surface area contributed by atoms with E-state index in [0.717, 1.165) is 5.56 Å².